The number of rotatable bonds is 7. The number of halogens is 1. The predicted octanol–water partition coefficient (Wildman–Crippen LogP) is 4.77. The van der Waals surface area contributed by atoms with Crippen molar-refractivity contribution >= 4 is 50.3 Å². The van der Waals surface area contributed by atoms with Crippen molar-refractivity contribution in [3.63, 3.8) is 0 Å². The van der Waals surface area contributed by atoms with Crippen LogP contribution in [0.25, 0.3) is 11.0 Å². The Morgan fingerprint density at radius 1 is 1.09 bits per heavy atom. The second-order valence-corrected chi connectivity index (χ2v) is 8.46. The summed E-state index contributed by atoms with van der Waals surface area (Å²) in [5, 5.41) is 6.10. The molecule has 4 rings (SSSR count). The summed E-state index contributed by atoms with van der Waals surface area (Å²) in [6, 6.07) is 17.1. The molecule has 2 heterocycles. The minimum atomic E-state index is -0.139. The molecule has 9 heteroatoms. The fourth-order valence-corrected chi connectivity index (χ4v) is 3.43. The van der Waals surface area contributed by atoms with Crippen molar-refractivity contribution in [3.8, 4) is 11.5 Å². The molecule has 32 heavy (non-hydrogen) atoms. The Balaban J connectivity index is 1.51. The summed E-state index contributed by atoms with van der Waals surface area (Å²) in [4.78, 5) is 22.6. The van der Waals surface area contributed by atoms with Gasteiger partial charge < -0.3 is 24.8 Å². The van der Waals surface area contributed by atoms with E-state index in [2.05, 4.69) is 31.5 Å². The van der Waals surface area contributed by atoms with Crippen molar-refractivity contribution in [2.24, 2.45) is 7.05 Å². The number of aromatic nitrogens is 3. The number of amides is 1. The molecule has 0 unspecified atom stereocenters. The molecule has 0 atom stereocenters. The number of anilines is 3. The molecular weight excluding hydrogens is 472 g/mol. The second kappa shape index (κ2) is 9.37. The fraction of sp³-hybridized carbons (Fsp3) is 0.174. The van der Waals surface area contributed by atoms with Crippen molar-refractivity contribution in [2.45, 2.75) is 0 Å². The predicted molar refractivity (Wildman–Crippen MR) is 130 cm³/mol. The quantitative estimate of drug-likeness (QED) is 0.385. The molecule has 164 valence electrons. The molecule has 0 radical (unpaired) electrons. The number of benzene rings is 2. The highest BCUT2D eigenvalue weighted by Gasteiger charge is 2.11. The van der Waals surface area contributed by atoms with Crippen LogP contribution in [0.4, 0.5) is 17.5 Å². The monoisotopic (exact) mass is 494 g/mol. The zero-order valence-electron chi connectivity index (χ0n) is 18.0. The summed E-state index contributed by atoms with van der Waals surface area (Å²) in [6.07, 6.45) is 1.60. The van der Waals surface area contributed by atoms with Crippen LogP contribution in [0.2, 0.25) is 0 Å². The van der Waals surface area contributed by atoms with E-state index in [0.29, 0.717) is 17.3 Å². The Bertz CT molecular complexity index is 1250. The van der Waals surface area contributed by atoms with Gasteiger partial charge in [0.25, 0.3) is 0 Å². The first kappa shape index (κ1) is 21.8. The standard InChI is InChI=1S/C23H23BrN6O2/c1-29(2)14-22(31)28-21-13-18(10-11-25-21)32-17-8-9-20-19(12-17)27-23(30(20)3)26-16-6-4-15(24)5-7-16/h4-13H,14H2,1-3H3,(H,26,27)(H,25,28,31). The molecule has 0 saturated heterocycles. The molecule has 0 spiro atoms. The summed E-state index contributed by atoms with van der Waals surface area (Å²) >= 11 is 3.44. The normalized spacial score (nSPS) is 11.0. The van der Waals surface area contributed by atoms with Crippen molar-refractivity contribution in [2.75, 3.05) is 31.3 Å². The van der Waals surface area contributed by atoms with E-state index in [1.807, 2.05) is 68.2 Å². The Kier molecular flexibility index (Phi) is 6.38. The zero-order valence-corrected chi connectivity index (χ0v) is 19.5. The van der Waals surface area contributed by atoms with Crippen LogP contribution >= 0.6 is 15.9 Å². The number of hydrogen-bond acceptors (Lipinski definition) is 6. The van der Waals surface area contributed by atoms with E-state index in [9.17, 15) is 4.79 Å². The number of imidazole rings is 1. The number of aryl methyl sites for hydroxylation is 1. The summed E-state index contributed by atoms with van der Waals surface area (Å²) in [6.45, 7) is 0.278. The highest BCUT2D eigenvalue weighted by atomic mass is 79.9. The van der Waals surface area contributed by atoms with E-state index in [4.69, 9.17) is 9.72 Å². The number of likely N-dealkylation sites (N-methyl/N-ethyl adjacent to an activating group) is 1. The number of carbonyl (C=O) groups is 1. The molecule has 4 aromatic rings. The van der Waals surface area contributed by atoms with Gasteiger partial charge in [-0.1, -0.05) is 15.9 Å². The maximum Gasteiger partial charge on any atom is 0.239 e. The van der Waals surface area contributed by atoms with Gasteiger partial charge in [-0.05, 0) is 56.6 Å². The molecule has 2 aromatic heterocycles. The number of carbonyl (C=O) groups excluding carboxylic acids is 1. The van der Waals surface area contributed by atoms with E-state index < -0.39 is 0 Å². The molecule has 1 amide bonds. The summed E-state index contributed by atoms with van der Waals surface area (Å²) < 4.78 is 9.01. The molecule has 0 aliphatic heterocycles. The number of pyridine rings is 1. The molecular formula is C23H23BrN6O2. The van der Waals surface area contributed by atoms with Crippen LogP contribution in [0.1, 0.15) is 0 Å². The van der Waals surface area contributed by atoms with Gasteiger partial charge in [0.1, 0.15) is 17.3 Å². The number of ether oxygens (including phenoxy) is 1. The van der Waals surface area contributed by atoms with E-state index in [1.54, 1.807) is 23.2 Å². The average Bonchev–Trinajstić information content (AvgIpc) is 3.04. The van der Waals surface area contributed by atoms with Gasteiger partial charge >= 0.3 is 0 Å². The van der Waals surface area contributed by atoms with Crippen LogP contribution in [0.5, 0.6) is 11.5 Å². The number of hydrogen-bond donors (Lipinski definition) is 2. The third-order valence-electron chi connectivity index (χ3n) is 4.65. The topological polar surface area (TPSA) is 84.3 Å². The lowest BCUT2D eigenvalue weighted by atomic mass is 10.3. The van der Waals surface area contributed by atoms with Gasteiger partial charge in [0.2, 0.25) is 11.9 Å². The summed E-state index contributed by atoms with van der Waals surface area (Å²) in [7, 11) is 5.63. The molecule has 0 bridgehead atoms. The van der Waals surface area contributed by atoms with E-state index >= 15 is 0 Å². The Morgan fingerprint density at radius 2 is 1.84 bits per heavy atom. The molecule has 2 aromatic carbocycles. The number of fused-ring (bicyclic) bond motifs is 1. The van der Waals surface area contributed by atoms with Gasteiger partial charge in [-0.15, -0.1) is 0 Å². The minimum absolute atomic E-state index is 0.139. The Hall–Kier alpha value is -3.43. The largest absolute Gasteiger partial charge is 0.457 e. The third-order valence-corrected chi connectivity index (χ3v) is 5.18. The van der Waals surface area contributed by atoms with Gasteiger partial charge in [0.05, 0.1) is 17.6 Å². The minimum Gasteiger partial charge on any atom is -0.457 e. The second-order valence-electron chi connectivity index (χ2n) is 7.54. The lowest BCUT2D eigenvalue weighted by Crippen LogP contribution is -2.27. The lowest BCUT2D eigenvalue weighted by Gasteiger charge is -2.11. The van der Waals surface area contributed by atoms with Crippen molar-refractivity contribution in [1.29, 1.82) is 0 Å². The lowest BCUT2D eigenvalue weighted by molar-refractivity contribution is -0.116. The SMILES string of the molecule is CN(C)CC(=O)Nc1cc(Oc2ccc3c(c2)nc(Nc2ccc(Br)cc2)n3C)ccn1. The van der Waals surface area contributed by atoms with Crippen molar-refractivity contribution in [3.05, 3.63) is 65.3 Å². The van der Waals surface area contributed by atoms with E-state index in [-0.39, 0.29) is 12.5 Å². The summed E-state index contributed by atoms with van der Waals surface area (Å²) in [5.41, 5.74) is 2.73. The highest BCUT2D eigenvalue weighted by molar-refractivity contribution is 9.10. The maximum atomic E-state index is 12.0. The first-order valence-corrected chi connectivity index (χ1v) is 10.7. The van der Waals surface area contributed by atoms with E-state index in [1.165, 1.54) is 0 Å². The van der Waals surface area contributed by atoms with Gasteiger partial charge in [-0.3, -0.25) is 4.79 Å². The zero-order chi connectivity index (χ0) is 22.7. The average molecular weight is 495 g/mol. The first-order valence-electron chi connectivity index (χ1n) is 9.95. The van der Waals surface area contributed by atoms with Gasteiger partial charge in [-0.25, -0.2) is 9.97 Å². The number of nitrogens with one attached hydrogen (secondary N) is 2. The van der Waals surface area contributed by atoms with Crippen LogP contribution in [0.15, 0.2) is 65.3 Å². The molecule has 0 aliphatic carbocycles. The van der Waals surface area contributed by atoms with E-state index in [0.717, 1.165) is 27.1 Å². The molecule has 0 aliphatic rings. The Labute approximate surface area is 194 Å². The van der Waals surface area contributed by atoms with Crippen LogP contribution in [-0.2, 0) is 11.8 Å². The summed E-state index contributed by atoms with van der Waals surface area (Å²) in [5.74, 6) is 2.25. The van der Waals surface area contributed by atoms with Gasteiger partial charge in [0, 0.05) is 35.5 Å². The highest BCUT2D eigenvalue weighted by Crippen LogP contribution is 2.29. The van der Waals surface area contributed by atoms with Gasteiger partial charge in [0.15, 0.2) is 0 Å². The van der Waals surface area contributed by atoms with Crippen LogP contribution in [0, 0.1) is 0 Å². The first-order chi connectivity index (χ1) is 15.4. The fourth-order valence-electron chi connectivity index (χ4n) is 3.17. The molecule has 8 nitrogen and oxygen atoms in total. The van der Waals surface area contributed by atoms with Crippen molar-refractivity contribution in [1.82, 2.24) is 19.4 Å². The van der Waals surface area contributed by atoms with Gasteiger partial charge in [-0.2, -0.15) is 0 Å². The van der Waals surface area contributed by atoms with Crippen molar-refractivity contribution < 1.29 is 9.53 Å². The Morgan fingerprint density at radius 3 is 2.59 bits per heavy atom. The molecule has 0 fully saturated rings. The molecule has 2 N–H and O–H groups in total. The van der Waals surface area contributed by atoms with Crippen LogP contribution in [-0.4, -0.2) is 46.0 Å². The smallest absolute Gasteiger partial charge is 0.239 e. The third kappa shape index (κ3) is 5.24. The van der Waals surface area contributed by atoms with Crippen LogP contribution < -0.4 is 15.4 Å². The number of nitrogens with zero attached hydrogens (tertiary/aromatic N) is 4. The molecule has 0 saturated carbocycles. The van der Waals surface area contributed by atoms with Crippen LogP contribution in [0.3, 0.4) is 0 Å². The maximum absolute atomic E-state index is 12.0.